The minimum Gasteiger partial charge on any atom is -0.391 e. The number of aliphatic hydroxyl groups is 1. The van der Waals surface area contributed by atoms with Crippen LogP contribution in [0.5, 0.6) is 0 Å². The van der Waals surface area contributed by atoms with Gasteiger partial charge in [-0.2, -0.15) is 4.98 Å². The molecule has 2 rings (SSSR count). The van der Waals surface area contributed by atoms with Crippen LogP contribution in [0.1, 0.15) is 26.7 Å². The number of aromatic nitrogens is 2. The van der Waals surface area contributed by atoms with Crippen LogP contribution in [0.2, 0.25) is 0 Å². The second kappa shape index (κ2) is 6.66. The molecule has 0 aromatic carbocycles. The van der Waals surface area contributed by atoms with Crippen LogP contribution in [-0.2, 0) is 0 Å². The Morgan fingerprint density at radius 2 is 2.38 bits per heavy atom. The minimum absolute atomic E-state index is 0.126. The molecule has 2 unspecified atom stereocenters. The highest BCUT2D eigenvalue weighted by Gasteiger charge is 2.30. The number of β-amino-alcohol motifs (C(OH)–C–C–N with tert-alkyl or cyclic N) is 1. The third-order valence-corrected chi connectivity index (χ3v) is 3.70. The van der Waals surface area contributed by atoms with Crippen molar-refractivity contribution in [2.24, 2.45) is 5.92 Å². The van der Waals surface area contributed by atoms with E-state index in [1.54, 1.807) is 4.90 Å². The maximum Gasteiger partial charge on any atom is 0.329 e. The number of nitro groups is 1. The van der Waals surface area contributed by atoms with E-state index in [-0.39, 0.29) is 17.4 Å². The fourth-order valence-corrected chi connectivity index (χ4v) is 2.29. The summed E-state index contributed by atoms with van der Waals surface area (Å²) in [4.78, 5) is 20.7. The van der Waals surface area contributed by atoms with Gasteiger partial charge in [-0.05, 0) is 18.8 Å². The molecule has 1 saturated heterocycles. The lowest BCUT2D eigenvalue weighted by atomic mass is 9.96. The first-order valence-electron chi connectivity index (χ1n) is 7.21. The van der Waals surface area contributed by atoms with Crippen molar-refractivity contribution in [2.45, 2.75) is 32.8 Å². The molecule has 0 spiro atoms. The number of anilines is 2. The summed E-state index contributed by atoms with van der Waals surface area (Å²) < 4.78 is 0. The normalized spacial score (nSPS) is 22.1. The van der Waals surface area contributed by atoms with Crippen LogP contribution < -0.4 is 10.2 Å². The zero-order valence-corrected chi connectivity index (χ0v) is 12.3. The van der Waals surface area contributed by atoms with E-state index in [4.69, 9.17) is 0 Å². The first-order chi connectivity index (χ1) is 10.0. The van der Waals surface area contributed by atoms with Gasteiger partial charge >= 0.3 is 5.69 Å². The highest BCUT2D eigenvalue weighted by atomic mass is 16.6. The van der Waals surface area contributed by atoms with Crippen molar-refractivity contribution in [3.8, 4) is 0 Å². The van der Waals surface area contributed by atoms with Crippen LogP contribution in [0, 0.1) is 16.0 Å². The molecule has 1 aromatic rings. The lowest BCUT2D eigenvalue weighted by Crippen LogP contribution is -2.43. The second-order valence-electron chi connectivity index (χ2n) is 5.37. The third-order valence-electron chi connectivity index (χ3n) is 3.70. The predicted octanol–water partition coefficient (Wildman–Crippen LogP) is 1.41. The monoisotopic (exact) mass is 295 g/mol. The molecule has 2 N–H and O–H groups in total. The van der Waals surface area contributed by atoms with Crippen LogP contribution in [0.4, 0.5) is 17.5 Å². The van der Waals surface area contributed by atoms with Crippen molar-refractivity contribution in [1.82, 2.24) is 9.97 Å². The van der Waals surface area contributed by atoms with Gasteiger partial charge in [-0.3, -0.25) is 10.1 Å². The summed E-state index contributed by atoms with van der Waals surface area (Å²) in [5, 5.41) is 24.2. The number of rotatable bonds is 5. The smallest absolute Gasteiger partial charge is 0.329 e. The lowest BCUT2D eigenvalue weighted by Gasteiger charge is -2.34. The number of aliphatic hydroxyl groups excluding tert-OH is 1. The van der Waals surface area contributed by atoms with Gasteiger partial charge in [0.15, 0.2) is 0 Å². The summed E-state index contributed by atoms with van der Waals surface area (Å²) in [5.74, 6) is 0.852. The van der Waals surface area contributed by atoms with Crippen molar-refractivity contribution in [3.63, 3.8) is 0 Å². The largest absolute Gasteiger partial charge is 0.391 e. The van der Waals surface area contributed by atoms with Gasteiger partial charge in [0.1, 0.15) is 6.20 Å². The molecule has 8 nitrogen and oxygen atoms in total. The van der Waals surface area contributed by atoms with Crippen molar-refractivity contribution >= 4 is 17.5 Å². The molecular formula is C13H21N5O3. The van der Waals surface area contributed by atoms with E-state index in [1.807, 2.05) is 13.8 Å². The Morgan fingerprint density at radius 1 is 1.62 bits per heavy atom. The Morgan fingerprint density at radius 3 is 3.00 bits per heavy atom. The molecular weight excluding hydrogens is 274 g/mol. The molecule has 2 heterocycles. The minimum atomic E-state index is -0.500. The molecule has 0 aliphatic carbocycles. The summed E-state index contributed by atoms with van der Waals surface area (Å²) in [6.45, 7) is 5.69. The lowest BCUT2D eigenvalue weighted by molar-refractivity contribution is -0.384. The number of hydrogen-bond acceptors (Lipinski definition) is 7. The van der Waals surface area contributed by atoms with Crippen molar-refractivity contribution in [3.05, 3.63) is 16.3 Å². The Balaban J connectivity index is 2.27. The Hall–Kier alpha value is -1.96. The Bertz CT molecular complexity index is 511. The quantitative estimate of drug-likeness (QED) is 0.625. The summed E-state index contributed by atoms with van der Waals surface area (Å²) in [6, 6.07) is 0. The van der Waals surface area contributed by atoms with E-state index in [1.165, 1.54) is 6.20 Å². The average molecular weight is 295 g/mol. The molecule has 1 fully saturated rings. The van der Waals surface area contributed by atoms with Gasteiger partial charge in [0.2, 0.25) is 11.8 Å². The molecule has 1 aliphatic rings. The number of hydrogen-bond donors (Lipinski definition) is 2. The van der Waals surface area contributed by atoms with E-state index in [9.17, 15) is 15.2 Å². The summed E-state index contributed by atoms with van der Waals surface area (Å²) in [7, 11) is 0. The first-order valence-corrected chi connectivity index (χ1v) is 7.21. The van der Waals surface area contributed by atoms with Gasteiger partial charge in [-0.15, -0.1) is 0 Å². The van der Waals surface area contributed by atoms with E-state index in [0.29, 0.717) is 25.6 Å². The number of piperidine rings is 1. The third kappa shape index (κ3) is 3.57. The van der Waals surface area contributed by atoms with Crippen LogP contribution in [0.15, 0.2) is 6.20 Å². The SMILES string of the molecule is CCCNc1ncc([N+](=O)[O-])c(N2CCC(C)C(O)C2)n1. The second-order valence-corrected chi connectivity index (χ2v) is 5.37. The zero-order valence-electron chi connectivity index (χ0n) is 12.3. The predicted molar refractivity (Wildman–Crippen MR) is 79.5 cm³/mol. The molecule has 8 heteroatoms. The molecule has 0 radical (unpaired) electrons. The molecule has 0 bridgehead atoms. The highest BCUT2D eigenvalue weighted by Crippen LogP contribution is 2.29. The maximum absolute atomic E-state index is 11.2. The fraction of sp³-hybridized carbons (Fsp3) is 0.692. The molecule has 2 atom stereocenters. The van der Waals surface area contributed by atoms with E-state index in [2.05, 4.69) is 15.3 Å². The molecule has 0 amide bonds. The molecule has 21 heavy (non-hydrogen) atoms. The van der Waals surface area contributed by atoms with Crippen LogP contribution >= 0.6 is 0 Å². The maximum atomic E-state index is 11.2. The molecule has 1 aliphatic heterocycles. The van der Waals surface area contributed by atoms with Gasteiger partial charge in [-0.1, -0.05) is 13.8 Å². The van der Waals surface area contributed by atoms with Gasteiger partial charge < -0.3 is 15.3 Å². The standard InChI is InChI=1S/C13H21N5O3/c1-3-5-14-13-15-7-10(18(20)21)12(16-13)17-6-4-9(2)11(19)8-17/h7,9,11,19H,3-6,8H2,1-2H3,(H,14,15,16). The summed E-state index contributed by atoms with van der Waals surface area (Å²) >= 11 is 0. The topological polar surface area (TPSA) is 104 Å². The van der Waals surface area contributed by atoms with Gasteiger partial charge in [-0.25, -0.2) is 4.98 Å². The van der Waals surface area contributed by atoms with E-state index < -0.39 is 11.0 Å². The average Bonchev–Trinajstić information content (AvgIpc) is 2.47. The van der Waals surface area contributed by atoms with Crippen molar-refractivity contribution in [1.29, 1.82) is 0 Å². The van der Waals surface area contributed by atoms with Crippen LogP contribution in [0.25, 0.3) is 0 Å². The van der Waals surface area contributed by atoms with Gasteiger partial charge in [0.25, 0.3) is 0 Å². The number of nitrogens with one attached hydrogen (secondary N) is 1. The Labute approximate surface area is 123 Å². The molecule has 0 saturated carbocycles. The Kier molecular flexibility index (Phi) is 4.89. The van der Waals surface area contributed by atoms with Crippen molar-refractivity contribution < 1.29 is 10.0 Å². The summed E-state index contributed by atoms with van der Waals surface area (Å²) in [6.07, 6.45) is 2.42. The first kappa shape index (κ1) is 15.4. The van der Waals surface area contributed by atoms with E-state index >= 15 is 0 Å². The number of nitrogens with zero attached hydrogens (tertiary/aromatic N) is 4. The summed E-state index contributed by atoms with van der Waals surface area (Å²) in [5.41, 5.74) is -0.126. The zero-order chi connectivity index (χ0) is 15.4. The van der Waals surface area contributed by atoms with Crippen LogP contribution in [0.3, 0.4) is 0 Å². The van der Waals surface area contributed by atoms with Gasteiger partial charge in [0, 0.05) is 19.6 Å². The van der Waals surface area contributed by atoms with Gasteiger partial charge in [0.05, 0.1) is 11.0 Å². The molecule has 116 valence electrons. The highest BCUT2D eigenvalue weighted by molar-refractivity contribution is 5.59. The van der Waals surface area contributed by atoms with Crippen LogP contribution in [-0.4, -0.2) is 45.7 Å². The fourth-order valence-electron chi connectivity index (χ4n) is 2.29. The van der Waals surface area contributed by atoms with E-state index in [0.717, 1.165) is 12.8 Å². The van der Waals surface area contributed by atoms with Crippen molar-refractivity contribution in [2.75, 3.05) is 29.9 Å². The molecule has 1 aromatic heterocycles.